The summed E-state index contributed by atoms with van der Waals surface area (Å²) >= 11 is 1.06. The van der Waals surface area contributed by atoms with E-state index in [4.69, 9.17) is 0 Å². The molecule has 0 bridgehead atoms. The van der Waals surface area contributed by atoms with Crippen molar-refractivity contribution in [2.75, 3.05) is 0 Å². The number of nitro groups is 1. The summed E-state index contributed by atoms with van der Waals surface area (Å²) < 4.78 is 30.0. The standard InChI is InChI=1S/C9H7F2N5O3S/c1-15-9(12-13-14-15)20-5-2-3-6(16(17)18)7(4-5)19-8(10)11/h2-4,8H,1H3. The third kappa shape index (κ3) is 3.17. The number of tetrazole rings is 1. The van der Waals surface area contributed by atoms with Gasteiger partial charge in [-0.05, 0) is 28.3 Å². The molecule has 0 N–H and O–H groups in total. The maximum atomic E-state index is 12.2. The summed E-state index contributed by atoms with van der Waals surface area (Å²) in [5.41, 5.74) is -0.536. The van der Waals surface area contributed by atoms with Crippen molar-refractivity contribution in [1.82, 2.24) is 20.2 Å². The minimum atomic E-state index is -3.15. The fourth-order valence-corrected chi connectivity index (χ4v) is 2.07. The van der Waals surface area contributed by atoms with Gasteiger partial charge >= 0.3 is 12.3 Å². The van der Waals surface area contributed by atoms with Crippen LogP contribution in [0.2, 0.25) is 0 Å². The first-order chi connectivity index (χ1) is 9.47. The average Bonchev–Trinajstić information content (AvgIpc) is 2.74. The zero-order chi connectivity index (χ0) is 14.7. The average molecular weight is 303 g/mol. The lowest BCUT2D eigenvalue weighted by molar-refractivity contribution is -0.386. The molecule has 0 aliphatic carbocycles. The Kier molecular flexibility index (Phi) is 4.08. The fraction of sp³-hybridized carbons (Fsp3) is 0.222. The largest absolute Gasteiger partial charge is 0.427 e. The number of aryl methyl sites for hydroxylation is 1. The molecule has 0 amide bonds. The Morgan fingerprint density at radius 3 is 2.80 bits per heavy atom. The van der Waals surface area contributed by atoms with E-state index >= 15 is 0 Å². The van der Waals surface area contributed by atoms with Gasteiger partial charge in [-0.1, -0.05) is 0 Å². The maximum absolute atomic E-state index is 12.2. The molecule has 1 aromatic carbocycles. The van der Waals surface area contributed by atoms with Gasteiger partial charge in [0.05, 0.1) is 4.92 Å². The van der Waals surface area contributed by atoms with Gasteiger partial charge in [-0.3, -0.25) is 10.1 Å². The highest BCUT2D eigenvalue weighted by Gasteiger charge is 2.20. The van der Waals surface area contributed by atoms with E-state index < -0.39 is 23.0 Å². The molecule has 0 aliphatic heterocycles. The number of rotatable bonds is 5. The smallest absolute Gasteiger partial charge is 0.387 e. The molecule has 0 aliphatic rings. The van der Waals surface area contributed by atoms with Crippen molar-refractivity contribution in [3.8, 4) is 5.75 Å². The lowest BCUT2D eigenvalue weighted by atomic mass is 10.3. The zero-order valence-corrected chi connectivity index (χ0v) is 10.8. The van der Waals surface area contributed by atoms with Crippen LogP contribution in [0.3, 0.4) is 0 Å². The molecular formula is C9H7F2N5O3S. The van der Waals surface area contributed by atoms with Crippen LogP contribution >= 0.6 is 11.8 Å². The monoisotopic (exact) mass is 303 g/mol. The summed E-state index contributed by atoms with van der Waals surface area (Å²) in [4.78, 5) is 10.4. The zero-order valence-electron chi connectivity index (χ0n) is 9.93. The highest BCUT2D eigenvalue weighted by atomic mass is 32.2. The predicted molar refractivity (Wildman–Crippen MR) is 62.6 cm³/mol. The first kappa shape index (κ1) is 14.1. The molecule has 2 aromatic rings. The lowest BCUT2D eigenvalue weighted by Gasteiger charge is -2.07. The molecule has 0 fully saturated rings. The van der Waals surface area contributed by atoms with Crippen LogP contribution in [0.4, 0.5) is 14.5 Å². The van der Waals surface area contributed by atoms with Gasteiger partial charge in [-0.2, -0.15) is 8.78 Å². The van der Waals surface area contributed by atoms with Gasteiger partial charge in [-0.15, -0.1) is 5.10 Å². The molecule has 1 aromatic heterocycles. The molecule has 0 saturated carbocycles. The molecule has 0 atom stereocenters. The molecule has 1 heterocycles. The number of alkyl halides is 2. The third-order valence-corrected chi connectivity index (χ3v) is 3.15. The van der Waals surface area contributed by atoms with Crippen molar-refractivity contribution in [2.24, 2.45) is 7.05 Å². The Hall–Kier alpha value is -2.30. The number of aromatic nitrogens is 4. The maximum Gasteiger partial charge on any atom is 0.387 e. The van der Waals surface area contributed by atoms with Crippen LogP contribution < -0.4 is 4.74 Å². The minimum absolute atomic E-state index is 0.404. The summed E-state index contributed by atoms with van der Waals surface area (Å²) in [7, 11) is 1.60. The summed E-state index contributed by atoms with van der Waals surface area (Å²) in [5.74, 6) is -0.509. The van der Waals surface area contributed by atoms with Crippen LogP contribution in [-0.4, -0.2) is 31.7 Å². The number of hydrogen-bond donors (Lipinski definition) is 0. The van der Waals surface area contributed by atoms with Crippen LogP contribution in [-0.2, 0) is 7.05 Å². The predicted octanol–water partition coefficient (Wildman–Crippen LogP) is 1.87. The molecule has 0 unspecified atom stereocenters. The highest BCUT2D eigenvalue weighted by Crippen LogP contribution is 2.34. The molecule has 2 rings (SSSR count). The second-order valence-electron chi connectivity index (χ2n) is 3.45. The van der Waals surface area contributed by atoms with E-state index in [2.05, 4.69) is 20.3 Å². The quantitative estimate of drug-likeness (QED) is 0.614. The van der Waals surface area contributed by atoms with Crippen molar-refractivity contribution >= 4 is 17.4 Å². The Morgan fingerprint density at radius 1 is 1.50 bits per heavy atom. The van der Waals surface area contributed by atoms with Crippen molar-refractivity contribution in [1.29, 1.82) is 0 Å². The SMILES string of the molecule is Cn1nnnc1Sc1ccc([N+](=O)[O-])c(OC(F)F)c1. The Balaban J connectivity index is 2.31. The second kappa shape index (κ2) is 5.77. The summed E-state index contributed by atoms with van der Waals surface area (Å²) in [6.07, 6.45) is 0. The molecular weight excluding hydrogens is 296 g/mol. The van der Waals surface area contributed by atoms with Crippen LogP contribution in [0, 0.1) is 10.1 Å². The van der Waals surface area contributed by atoms with Crippen LogP contribution in [0.25, 0.3) is 0 Å². The highest BCUT2D eigenvalue weighted by molar-refractivity contribution is 7.99. The van der Waals surface area contributed by atoms with Gasteiger partial charge in [0.25, 0.3) is 0 Å². The van der Waals surface area contributed by atoms with E-state index in [1.54, 1.807) is 7.05 Å². The van der Waals surface area contributed by atoms with E-state index in [-0.39, 0.29) is 0 Å². The van der Waals surface area contributed by atoms with Crippen molar-refractivity contribution in [2.45, 2.75) is 16.7 Å². The molecule has 0 spiro atoms. The van der Waals surface area contributed by atoms with Crippen LogP contribution in [0.15, 0.2) is 28.3 Å². The Labute approximate surface area is 114 Å². The van der Waals surface area contributed by atoms with E-state index in [9.17, 15) is 18.9 Å². The van der Waals surface area contributed by atoms with Crippen LogP contribution in [0.1, 0.15) is 0 Å². The first-order valence-electron chi connectivity index (χ1n) is 5.11. The number of nitrogens with zero attached hydrogens (tertiary/aromatic N) is 5. The van der Waals surface area contributed by atoms with Gasteiger partial charge in [0, 0.05) is 24.1 Å². The lowest BCUT2D eigenvalue weighted by Crippen LogP contribution is -2.04. The normalized spacial score (nSPS) is 10.8. The topological polar surface area (TPSA) is 96.0 Å². The number of halogens is 2. The van der Waals surface area contributed by atoms with E-state index in [1.165, 1.54) is 10.7 Å². The molecule has 8 nitrogen and oxygen atoms in total. The molecule has 0 saturated heterocycles. The fourth-order valence-electron chi connectivity index (χ4n) is 1.31. The van der Waals surface area contributed by atoms with Crippen molar-refractivity contribution in [3.05, 3.63) is 28.3 Å². The van der Waals surface area contributed by atoms with Gasteiger partial charge in [0.1, 0.15) is 0 Å². The second-order valence-corrected chi connectivity index (χ2v) is 4.49. The molecule has 11 heteroatoms. The Morgan fingerprint density at radius 2 is 2.25 bits per heavy atom. The van der Waals surface area contributed by atoms with E-state index in [1.807, 2.05) is 0 Å². The molecule has 0 radical (unpaired) electrons. The summed E-state index contributed by atoms with van der Waals surface area (Å²) in [5, 5.41) is 21.9. The first-order valence-corrected chi connectivity index (χ1v) is 5.92. The van der Waals surface area contributed by atoms with Gasteiger partial charge in [-0.25, -0.2) is 4.68 Å². The van der Waals surface area contributed by atoms with Gasteiger partial charge in [0.15, 0.2) is 0 Å². The number of ether oxygens (including phenoxy) is 1. The molecule has 20 heavy (non-hydrogen) atoms. The van der Waals surface area contributed by atoms with Crippen molar-refractivity contribution in [3.63, 3.8) is 0 Å². The van der Waals surface area contributed by atoms with E-state index in [0.29, 0.717) is 10.1 Å². The number of nitro benzene ring substituents is 1. The molecule has 106 valence electrons. The summed E-state index contributed by atoms with van der Waals surface area (Å²) in [6.45, 7) is -3.15. The van der Waals surface area contributed by atoms with Gasteiger partial charge in [0.2, 0.25) is 10.9 Å². The number of benzene rings is 1. The Bertz CT molecular complexity index is 636. The van der Waals surface area contributed by atoms with Gasteiger partial charge < -0.3 is 4.74 Å². The van der Waals surface area contributed by atoms with Crippen molar-refractivity contribution < 1.29 is 18.4 Å². The third-order valence-electron chi connectivity index (χ3n) is 2.13. The van der Waals surface area contributed by atoms with E-state index in [0.717, 1.165) is 23.9 Å². The van der Waals surface area contributed by atoms with Crippen LogP contribution in [0.5, 0.6) is 5.75 Å². The summed E-state index contributed by atoms with van der Waals surface area (Å²) in [6, 6.07) is 3.63. The number of hydrogen-bond acceptors (Lipinski definition) is 7. The minimum Gasteiger partial charge on any atom is -0.427 e.